The lowest BCUT2D eigenvalue weighted by molar-refractivity contribution is -0.115. The summed E-state index contributed by atoms with van der Waals surface area (Å²) in [6.07, 6.45) is 6.50. The van der Waals surface area contributed by atoms with Crippen LogP contribution in [0.25, 0.3) is 0 Å². The largest absolute Gasteiger partial charge is 0.325 e. The van der Waals surface area contributed by atoms with Crippen LogP contribution in [0.5, 0.6) is 0 Å². The summed E-state index contributed by atoms with van der Waals surface area (Å²) in [6, 6.07) is 3.87. The van der Waals surface area contributed by atoms with Gasteiger partial charge < -0.3 is 5.32 Å². The molecule has 0 spiro atoms. The Hall–Kier alpha value is -0.730. The van der Waals surface area contributed by atoms with Gasteiger partial charge in [0.25, 0.3) is 0 Å². The second kappa shape index (κ2) is 5.23. The van der Waals surface area contributed by atoms with Crippen LogP contribution in [0.3, 0.4) is 0 Å². The summed E-state index contributed by atoms with van der Waals surface area (Å²) in [7, 11) is 0. The molecule has 0 saturated heterocycles. The number of anilines is 1. The normalized spacial score (nSPS) is 22.2. The summed E-state index contributed by atoms with van der Waals surface area (Å²) in [5.41, 5.74) is 2.93. The van der Waals surface area contributed by atoms with Crippen molar-refractivity contribution in [2.75, 3.05) is 5.32 Å². The van der Waals surface area contributed by atoms with Gasteiger partial charge in [-0.15, -0.1) is 11.6 Å². The van der Waals surface area contributed by atoms with E-state index >= 15 is 0 Å². The Labute approximate surface area is 129 Å². The number of benzene rings is 1. The van der Waals surface area contributed by atoms with Gasteiger partial charge in [-0.05, 0) is 35.4 Å². The first kappa shape index (κ1) is 14.2. The Kier molecular flexibility index (Phi) is 3.72. The minimum absolute atomic E-state index is 0.0308. The molecule has 1 aromatic rings. The molecule has 2 aliphatic rings. The van der Waals surface area contributed by atoms with Gasteiger partial charge >= 0.3 is 0 Å². The highest BCUT2D eigenvalue weighted by Gasteiger charge is 2.37. The monoisotopic (exact) mass is 311 g/mol. The third-order valence-electron chi connectivity index (χ3n) is 4.73. The van der Waals surface area contributed by atoms with Gasteiger partial charge in [-0.1, -0.05) is 43.9 Å². The first-order valence-corrected chi connectivity index (χ1v) is 8.07. The lowest BCUT2D eigenvalue weighted by atomic mass is 9.71. The second-order valence-corrected chi connectivity index (χ2v) is 7.18. The zero-order chi connectivity index (χ0) is 14.3. The van der Waals surface area contributed by atoms with Gasteiger partial charge in [-0.3, -0.25) is 4.79 Å². The number of hydrogen-bond acceptors (Lipinski definition) is 1. The van der Waals surface area contributed by atoms with Crippen molar-refractivity contribution in [3.63, 3.8) is 0 Å². The van der Waals surface area contributed by atoms with Gasteiger partial charge in [0.1, 0.15) is 0 Å². The number of rotatable bonds is 2. The molecule has 2 nitrogen and oxygen atoms in total. The van der Waals surface area contributed by atoms with Crippen LogP contribution in [-0.4, -0.2) is 5.91 Å². The molecule has 20 heavy (non-hydrogen) atoms. The van der Waals surface area contributed by atoms with Crippen molar-refractivity contribution in [3.05, 3.63) is 28.3 Å². The van der Waals surface area contributed by atoms with E-state index in [1.165, 1.54) is 19.3 Å². The molecule has 0 bridgehead atoms. The summed E-state index contributed by atoms with van der Waals surface area (Å²) in [4.78, 5) is 11.5. The molecular weight excluding hydrogens is 293 g/mol. The molecule has 0 aromatic heterocycles. The fourth-order valence-electron chi connectivity index (χ4n) is 3.45. The molecule has 3 rings (SSSR count). The van der Waals surface area contributed by atoms with E-state index in [2.05, 4.69) is 12.2 Å². The highest BCUT2D eigenvalue weighted by atomic mass is 35.5. The number of carbonyl (C=O) groups excluding carboxylic acids is 1. The van der Waals surface area contributed by atoms with Crippen LogP contribution in [0.1, 0.15) is 55.5 Å². The molecule has 108 valence electrons. The Bertz CT molecular complexity index is 550. The van der Waals surface area contributed by atoms with Crippen LogP contribution in [0.4, 0.5) is 5.69 Å². The van der Waals surface area contributed by atoms with Gasteiger partial charge in [-0.25, -0.2) is 0 Å². The summed E-state index contributed by atoms with van der Waals surface area (Å²) in [5.74, 6) is 0.0308. The highest BCUT2D eigenvalue weighted by Crippen LogP contribution is 2.51. The standard InChI is InChI=1S/C16H19Cl2NO/c1-16(5-3-2-4-6-16)15(18)11-7-10-8-14(20)19-13(10)9-12(11)17/h7,9,15H,2-6,8H2,1H3,(H,19,20). The Morgan fingerprint density at radius 2 is 1.95 bits per heavy atom. The van der Waals surface area contributed by atoms with Crippen molar-refractivity contribution in [2.24, 2.45) is 5.41 Å². The van der Waals surface area contributed by atoms with Crippen molar-refractivity contribution >= 4 is 34.8 Å². The number of halogens is 2. The molecule has 1 unspecified atom stereocenters. The van der Waals surface area contributed by atoms with E-state index in [9.17, 15) is 4.79 Å². The van der Waals surface area contributed by atoms with Gasteiger partial charge in [-0.2, -0.15) is 0 Å². The van der Waals surface area contributed by atoms with E-state index in [4.69, 9.17) is 23.2 Å². The molecular formula is C16H19Cl2NO. The minimum atomic E-state index is -0.0868. The molecule has 1 aliphatic heterocycles. The lowest BCUT2D eigenvalue weighted by Gasteiger charge is -2.38. The topological polar surface area (TPSA) is 29.1 Å². The molecule has 1 aliphatic carbocycles. The van der Waals surface area contributed by atoms with Crippen LogP contribution >= 0.6 is 23.2 Å². The molecule has 0 radical (unpaired) electrons. The molecule has 1 heterocycles. The molecule has 1 aromatic carbocycles. The fourth-order valence-corrected chi connectivity index (χ4v) is 4.18. The molecule has 1 saturated carbocycles. The summed E-state index contributed by atoms with van der Waals surface area (Å²) < 4.78 is 0. The summed E-state index contributed by atoms with van der Waals surface area (Å²) >= 11 is 13.2. The van der Waals surface area contributed by atoms with Crippen molar-refractivity contribution < 1.29 is 4.79 Å². The SMILES string of the molecule is CC1(C(Cl)c2cc3c(cc2Cl)NC(=O)C3)CCCCC1. The molecule has 1 N–H and O–H groups in total. The van der Waals surface area contributed by atoms with Crippen LogP contribution in [0, 0.1) is 5.41 Å². The van der Waals surface area contributed by atoms with E-state index < -0.39 is 0 Å². The lowest BCUT2D eigenvalue weighted by Crippen LogP contribution is -2.25. The van der Waals surface area contributed by atoms with Gasteiger partial charge in [0, 0.05) is 10.7 Å². The maximum atomic E-state index is 11.5. The number of fused-ring (bicyclic) bond motifs is 1. The third kappa shape index (κ3) is 2.44. The zero-order valence-electron chi connectivity index (χ0n) is 11.6. The van der Waals surface area contributed by atoms with E-state index in [-0.39, 0.29) is 16.7 Å². The minimum Gasteiger partial charge on any atom is -0.325 e. The van der Waals surface area contributed by atoms with Crippen LogP contribution in [-0.2, 0) is 11.2 Å². The number of hydrogen-bond donors (Lipinski definition) is 1. The van der Waals surface area contributed by atoms with Crippen LogP contribution in [0.2, 0.25) is 5.02 Å². The van der Waals surface area contributed by atoms with Gasteiger partial charge in [0.15, 0.2) is 0 Å². The van der Waals surface area contributed by atoms with Crippen LogP contribution in [0.15, 0.2) is 12.1 Å². The molecule has 1 fully saturated rings. The van der Waals surface area contributed by atoms with Crippen molar-refractivity contribution in [3.8, 4) is 0 Å². The predicted octanol–water partition coefficient (Wildman–Crippen LogP) is 5.08. The molecule has 1 amide bonds. The van der Waals surface area contributed by atoms with Gasteiger partial charge in [0.05, 0.1) is 11.8 Å². The smallest absolute Gasteiger partial charge is 0.228 e. The number of amides is 1. The van der Waals surface area contributed by atoms with Crippen molar-refractivity contribution in [1.82, 2.24) is 0 Å². The zero-order valence-corrected chi connectivity index (χ0v) is 13.2. The van der Waals surface area contributed by atoms with Crippen molar-refractivity contribution in [2.45, 2.75) is 50.8 Å². The second-order valence-electron chi connectivity index (χ2n) is 6.33. The number of carbonyl (C=O) groups is 1. The average Bonchev–Trinajstić information content (AvgIpc) is 2.77. The number of nitrogens with one attached hydrogen (secondary N) is 1. The molecule has 4 heteroatoms. The molecule has 1 atom stereocenters. The predicted molar refractivity (Wildman–Crippen MR) is 83.6 cm³/mol. The van der Waals surface area contributed by atoms with Crippen LogP contribution < -0.4 is 5.32 Å². The van der Waals surface area contributed by atoms with Gasteiger partial charge in [0.2, 0.25) is 5.91 Å². The maximum Gasteiger partial charge on any atom is 0.228 e. The average molecular weight is 312 g/mol. The maximum absolute atomic E-state index is 11.5. The quantitative estimate of drug-likeness (QED) is 0.758. The summed E-state index contributed by atoms with van der Waals surface area (Å²) in [6.45, 7) is 2.26. The first-order chi connectivity index (χ1) is 9.49. The van der Waals surface area contributed by atoms with E-state index in [1.54, 1.807) is 0 Å². The Balaban J connectivity index is 1.94. The number of alkyl halides is 1. The van der Waals surface area contributed by atoms with E-state index in [1.807, 2.05) is 12.1 Å². The Morgan fingerprint density at radius 1 is 1.25 bits per heavy atom. The van der Waals surface area contributed by atoms with E-state index in [0.29, 0.717) is 11.4 Å². The van der Waals surface area contributed by atoms with E-state index in [0.717, 1.165) is 29.7 Å². The highest BCUT2D eigenvalue weighted by molar-refractivity contribution is 6.33. The summed E-state index contributed by atoms with van der Waals surface area (Å²) in [5, 5.41) is 3.40. The Morgan fingerprint density at radius 3 is 2.65 bits per heavy atom. The fraction of sp³-hybridized carbons (Fsp3) is 0.562. The first-order valence-electron chi connectivity index (χ1n) is 7.26. The van der Waals surface area contributed by atoms with Crippen molar-refractivity contribution in [1.29, 1.82) is 0 Å². The third-order valence-corrected chi connectivity index (χ3v) is 5.82.